The zero-order valence-electron chi connectivity index (χ0n) is 14.6. The van der Waals surface area contributed by atoms with Crippen molar-refractivity contribution < 1.29 is 9.53 Å². The van der Waals surface area contributed by atoms with Gasteiger partial charge in [-0.3, -0.25) is 9.78 Å². The first-order chi connectivity index (χ1) is 13.3. The number of hydrogen-bond donors (Lipinski definition) is 1. The van der Waals surface area contributed by atoms with Crippen LogP contribution in [0.15, 0.2) is 91.3 Å². The first kappa shape index (κ1) is 16.8. The second-order valence-electron chi connectivity index (χ2n) is 6.19. The summed E-state index contributed by atoms with van der Waals surface area (Å²) in [5.74, 6) is 0.474. The minimum absolute atomic E-state index is 0.169. The zero-order chi connectivity index (χ0) is 18.5. The van der Waals surface area contributed by atoms with E-state index in [1.807, 2.05) is 66.7 Å². The number of amides is 1. The fourth-order valence-corrected chi connectivity index (χ4v) is 2.85. The van der Waals surface area contributed by atoms with Gasteiger partial charge in [0.2, 0.25) is 0 Å². The molecule has 0 spiro atoms. The Morgan fingerprint density at radius 3 is 2.63 bits per heavy atom. The number of carbonyl (C=O) groups is 1. The standard InChI is InChI=1S/C23H18N2O2/c26-23(25-21-11-10-18-6-1-2-7-19(18)13-21)20-8-3-9-22(14-20)27-16-17-5-4-12-24-15-17/h1-15H,16H2,(H,25,26). The monoisotopic (exact) mass is 354 g/mol. The Bertz CT molecular complexity index is 1080. The lowest BCUT2D eigenvalue weighted by Gasteiger charge is -2.09. The van der Waals surface area contributed by atoms with Gasteiger partial charge >= 0.3 is 0 Å². The van der Waals surface area contributed by atoms with E-state index in [2.05, 4.69) is 10.3 Å². The number of rotatable bonds is 5. The van der Waals surface area contributed by atoms with E-state index in [-0.39, 0.29) is 5.91 Å². The molecule has 0 aliphatic heterocycles. The van der Waals surface area contributed by atoms with Gasteiger partial charge < -0.3 is 10.1 Å². The highest BCUT2D eigenvalue weighted by Gasteiger charge is 2.08. The highest BCUT2D eigenvalue weighted by molar-refractivity contribution is 6.05. The van der Waals surface area contributed by atoms with Gasteiger partial charge in [-0.25, -0.2) is 0 Å². The number of carbonyl (C=O) groups excluding carboxylic acids is 1. The molecule has 1 amide bonds. The molecule has 0 aliphatic rings. The molecule has 4 rings (SSSR count). The normalized spacial score (nSPS) is 10.5. The predicted octanol–water partition coefficient (Wildman–Crippen LogP) is 5.07. The van der Waals surface area contributed by atoms with Crippen molar-refractivity contribution in [2.45, 2.75) is 6.61 Å². The molecule has 132 valence electrons. The molecule has 4 heteroatoms. The van der Waals surface area contributed by atoms with Gasteiger partial charge in [-0.2, -0.15) is 0 Å². The molecule has 4 nitrogen and oxygen atoms in total. The van der Waals surface area contributed by atoms with Crippen molar-refractivity contribution in [2.75, 3.05) is 5.32 Å². The molecule has 0 atom stereocenters. The molecule has 0 saturated carbocycles. The average molecular weight is 354 g/mol. The van der Waals surface area contributed by atoms with Crippen LogP contribution >= 0.6 is 0 Å². The lowest BCUT2D eigenvalue weighted by atomic mass is 10.1. The van der Waals surface area contributed by atoms with E-state index in [9.17, 15) is 4.79 Å². The van der Waals surface area contributed by atoms with Crippen molar-refractivity contribution in [3.05, 3.63) is 102 Å². The quantitative estimate of drug-likeness (QED) is 0.545. The molecule has 0 fully saturated rings. The minimum Gasteiger partial charge on any atom is -0.489 e. The van der Waals surface area contributed by atoms with Gasteiger partial charge in [-0.05, 0) is 47.2 Å². The third kappa shape index (κ3) is 4.12. The van der Waals surface area contributed by atoms with E-state index in [0.29, 0.717) is 17.9 Å². The number of ether oxygens (including phenoxy) is 1. The average Bonchev–Trinajstić information content (AvgIpc) is 2.73. The Kier molecular flexibility index (Phi) is 4.79. The van der Waals surface area contributed by atoms with Crippen LogP contribution in [0, 0.1) is 0 Å². The number of nitrogens with zero attached hydrogens (tertiary/aromatic N) is 1. The molecule has 27 heavy (non-hydrogen) atoms. The molecule has 1 N–H and O–H groups in total. The van der Waals surface area contributed by atoms with E-state index in [1.165, 1.54) is 0 Å². The summed E-state index contributed by atoms with van der Waals surface area (Å²) in [5, 5.41) is 5.17. The number of aromatic nitrogens is 1. The fourth-order valence-electron chi connectivity index (χ4n) is 2.85. The third-order valence-electron chi connectivity index (χ3n) is 4.23. The Hall–Kier alpha value is -3.66. The SMILES string of the molecule is O=C(Nc1ccc2ccccc2c1)c1cccc(OCc2cccnc2)c1. The van der Waals surface area contributed by atoms with Gasteiger partial charge in [0.15, 0.2) is 0 Å². The number of nitrogens with one attached hydrogen (secondary N) is 1. The summed E-state index contributed by atoms with van der Waals surface area (Å²) in [6.07, 6.45) is 3.48. The van der Waals surface area contributed by atoms with Crippen LogP contribution in [0.1, 0.15) is 15.9 Å². The maximum absolute atomic E-state index is 12.6. The molecule has 0 unspecified atom stereocenters. The van der Waals surface area contributed by atoms with Gasteiger partial charge in [-0.15, -0.1) is 0 Å². The summed E-state index contributed by atoms with van der Waals surface area (Å²) < 4.78 is 5.77. The Balaban J connectivity index is 1.46. The van der Waals surface area contributed by atoms with E-state index < -0.39 is 0 Å². The molecule has 1 heterocycles. The van der Waals surface area contributed by atoms with E-state index in [1.54, 1.807) is 24.5 Å². The summed E-state index contributed by atoms with van der Waals surface area (Å²) >= 11 is 0. The highest BCUT2D eigenvalue weighted by atomic mass is 16.5. The van der Waals surface area contributed by atoms with E-state index in [0.717, 1.165) is 22.0 Å². The maximum Gasteiger partial charge on any atom is 0.255 e. The molecule has 0 bridgehead atoms. The number of anilines is 1. The predicted molar refractivity (Wildman–Crippen MR) is 107 cm³/mol. The first-order valence-corrected chi connectivity index (χ1v) is 8.70. The van der Waals surface area contributed by atoms with Gasteiger partial charge in [0.25, 0.3) is 5.91 Å². The van der Waals surface area contributed by atoms with Gasteiger partial charge in [0.05, 0.1) is 0 Å². The van der Waals surface area contributed by atoms with Crippen molar-refractivity contribution in [3.63, 3.8) is 0 Å². The Labute approximate surface area is 157 Å². The van der Waals surface area contributed by atoms with Crippen LogP contribution in [-0.4, -0.2) is 10.9 Å². The van der Waals surface area contributed by atoms with Crippen LogP contribution in [0.4, 0.5) is 5.69 Å². The summed E-state index contributed by atoms with van der Waals surface area (Å²) in [6, 6.07) is 24.9. The molecule has 0 saturated heterocycles. The summed E-state index contributed by atoms with van der Waals surface area (Å²) in [4.78, 5) is 16.7. The summed E-state index contributed by atoms with van der Waals surface area (Å²) in [6.45, 7) is 0.406. The first-order valence-electron chi connectivity index (χ1n) is 8.70. The molecule has 3 aromatic carbocycles. The fraction of sp³-hybridized carbons (Fsp3) is 0.0435. The number of benzene rings is 3. The molecule has 1 aromatic heterocycles. The van der Waals surface area contributed by atoms with Crippen molar-refractivity contribution in [1.82, 2.24) is 4.98 Å². The maximum atomic E-state index is 12.6. The second kappa shape index (κ2) is 7.70. The molecule has 0 radical (unpaired) electrons. The summed E-state index contributed by atoms with van der Waals surface area (Å²) in [7, 11) is 0. The van der Waals surface area contributed by atoms with Gasteiger partial charge in [-0.1, -0.05) is 42.5 Å². The lowest BCUT2D eigenvalue weighted by molar-refractivity contribution is 0.102. The summed E-state index contributed by atoms with van der Waals surface area (Å²) in [5.41, 5.74) is 2.29. The molecular formula is C23H18N2O2. The van der Waals surface area contributed by atoms with Crippen LogP contribution < -0.4 is 10.1 Å². The van der Waals surface area contributed by atoms with Crippen molar-refractivity contribution in [3.8, 4) is 5.75 Å². The van der Waals surface area contributed by atoms with Gasteiger partial charge in [0.1, 0.15) is 12.4 Å². The minimum atomic E-state index is -0.169. The topological polar surface area (TPSA) is 51.2 Å². The van der Waals surface area contributed by atoms with Crippen molar-refractivity contribution in [1.29, 1.82) is 0 Å². The number of pyridine rings is 1. The van der Waals surface area contributed by atoms with Crippen LogP contribution in [0.3, 0.4) is 0 Å². The third-order valence-corrected chi connectivity index (χ3v) is 4.23. The van der Waals surface area contributed by atoms with Gasteiger partial charge in [0, 0.05) is 29.2 Å². The Morgan fingerprint density at radius 2 is 1.78 bits per heavy atom. The molecule has 0 aliphatic carbocycles. The van der Waals surface area contributed by atoms with Crippen LogP contribution in [0.5, 0.6) is 5.75 Å². The van der Waals surface area contributed by atoms with Crippen LogP contribution in [-0.2, 0) is 6.61 Å². The smallest absolute Gasteiger partial charge is 0.255 e. The van der Waals surface area contributed by atoms with E-state index >= 15 is 0 Å². The van der Waals surface area contributed by atoms with Crippen LogP contribution in [0.2, 0.25) is 0 Å². The van der Waals surface area contributed by atoms with Crippen molar-refractivity contribution in [2.24, 2.45) is 0 Å². The molecule has 4 aromatic rings. The van der Waals surface area contributed by atoms with Crippen LogP contribution in [0.25, 0.3) is 10.8 Å². The lowest BCUT2D eigenvalue weighted by Crippen LogP contribution is -2.12. The molecular weight excluding hydrogens is 336 g/mol. The van der Waals surface area contributed by atoms with Crippen molar-refractivity contribution >= 4 is 22.4 Å². The highest BCUT2D eigenvalue weighted by Crippen LogP contribution is 2.20. The largest absolute Gasteiger partial charge is 0.489 e. The zero-order valence-corrected chi connectivity index (χ0v) is 14.6. The van der Waals surface area contributed by atoms with E-state index in [4.69, 9.17) is 4.74 Å². The second-order valence-corrected chi connectivity index (χ2v) is 6.19. The Morgan fingerprint density at radius 1 is 0.889 bits per heavy atom. The number of hydrogen-bond acceptors (Lipinski definition) is 3. The number of fused-ring (bicyclic) bond motifs is 1.